The van der Waals surface area contributed by atoms with Crippen LogP contribution in [0, 0.1) is 10.1 Å². The van der Waals surface area contributed by atoms with Crippen molar-refractivity contribution in [3.05, 3.63) is 28.3 Å². The lowest BCUT2D eigenvalue weighted by atomic mass is 10.2. The third-order valence-corrected chi connectivity index (χ3v) is 6.50. The van der Waals surface area contributed by atoms with Gasteiger partial charge in [-0.1, -0.05) is 0 Å². The molecule has 3 rings (SSSR count). The first-order valence-corrected chi connectivity index (χ1v) is 9.92. The normalized spacial score (nSPS) is 25.3. The molecule has 2 fully saturated rings. The topological polar surface area (TPSA) is 93.0 Å². The molecule has 0 N–H and O–H groups in total. The lowest BCUT2D eigenvalue weighted by Gasteiger charge is -2.36. The second-order valence-corrected chi connectivity index (χ2v) is 8.62. The summed E-state index contributed by atoms with van der Waals surface area (Å²) < 4.78 is 32.4. The molecule has 2 heterocycles. The average Bonchev–Trinajstić information content (AvgIpc) is 3.08. The summed E-state index contributed by atoms with van der Waals surface area (Å²) in [6.07, 6.45) is 1.55. The molecule has 2 atom stereocenters. The van der Waals surface area contributed by atoms with Crippen molar-refractivity contribution < 1.29 is 18.1 Å². The Morgan fingerprint density at radius 2 is 1.76 bits per heavy atom. The maximum Gasteiger partial charge on any atom is 0.293 e. The standard InChI is InChI=1S/C16H23N3O5S/c1-12-10-17(11-13(2)24-12)15-6-5-14(9-16(15)19(20)21)25(22,23)18-7-3-4-8-18/h5-6,9,12-13H,3-4,7-8,10-11H2,1-2H3/t12-,13-/m1/s1. The van der Waals surface area contributed by atoms with Gasteiger partial charge < -0.3 is 9.64 Å². The molecule has 138 valence electrons. The second kappa shape index (κ2) is 6.89. The number of nitro groups is 1. The van der Waals surface area contributed by atoms with Gasteiger partial charge in [0.2, 0.25) is 10.0 Å². The van der Waals surface area contributed by atoms with Crippen LogP contribution in [0.5, 0.6) is 0 Å². The van der Waals surface area contributed by atoms with Crippen LogP contribution < -0.4 is 4.90 Å². The molecule has 1 aromatic carbocycles. The average molecular weight is 369 g/mol. The highest BCUT2D eigenvalue weighted by atomic mass is 32.2. The molecule has 0 spiro atoms. The van der Waals surface area contributed by atoms with Crippen LogP contribution >= 0.6 is 0 Å². The maximum absolute atomic E-state index is 12.7. The fraction of sp³-hybridized carbons (Fsp3) is 0.625. The van der Waals surface area contributed by atoms with Gasteiger partial charge in [0.25, 0.3) is 5.69 Å². The van der Waals surface area contributed by atoms with Crippen molar-refractivity contribution in [3.63, 3.8) is 0 Å². The molecular formula is C16H23N3O5S. The summed E-state index contributed by atoms with van der Waals surface area (Å²) >= 11 is 0. The Balaban J connectivity index is 1.97. The van der Waals surface area contributed by atoms with Gasteiger partial charge >= 0.3 is 0 Å². The van der Waals surface area contributed by atoms with Crippen molar-refractivity contribution in [2.75, 3.05) is 31.1 Å². The monoisotopic (exact) mass is 369 g/mol. The number of nitrogens with zero attached hydrogens (tertiary/aromatic N) is 3. The van der Waals surface area contributed by atoms with Crippen molar-refractivity contribution in [2.45, 2.75) is 43.8 Å². The van der Waals surface area contributed by atoms with Crippen LogP contribution in [-0.4, -0.2) is 56.0 Å². The van der Waals surface area contributed by atoms with E-state index in [1.807, 2.05) is 18.7 Å². The molecule has 2 aliphatic heterocycles. The van der Waals surface area contributed by atoms with Gasteiger partial charge in [0, 0.05) is 32.2 Å². The van der Waals surface area contributed by atoms with Gasteiger partial charge in [0.05, 0.1) is 22.0 Å². The quantitative estimate of drug-likeness (QED) is 0.595. The predicted octanol–water partition coefficient (Wildman–Crippen LogP) is 1.99. The number of hydrogen-bond donors (Lipinski definition) is 0. The van der Waals surface area contributed by atoms with E-state index in [1.54, 1.807) is 6.07 Å². The largest absolute Gasteiger partial charge is 0.372 e. The molecule has 0 amide bonds. The highest BCUT2D eigenvalue weighted by molar-refractivity contribution is 7.89. The Kier molecular flexibility index (Phi) is 4.99. The van der Waals surface area contributed by atoms with Crippen LogP contribution in [0.25, 0.3) is 0 Å². The highest BCUT2D eigenvalue weighted by Gasteiger charge is 2.32. The summed E-state index contributed by atoms with van der Waals surface area (Å²) in [4.78, 5) is 12.9. The summed E-state index contributed by atoms with van der Waals surface area (Å²) in [5.74, 6) is 0. The molecule has 0 bridgehead atoms. The molecule has 9 heteroatoms. The number of ether oxygens (including phenoxy) is 1. The first kappa shape index (κ1) is 18.1. The minimum atomic E-state index is -3.68. The van der Waals surface area contributed by atoms with Crippen molar-refractivity contribution in [3.8, 4) is 0 Å². The van der Waals surface area contributed by atoms with Gasteiger partial charge in [-0.3, -0.25) is 10.1 Å². The number of nitro benzene ring substituents is 1. The number of rotatable bonds is 4. The summed E-state index contributed by atoms with van der Waals surface area (Å²) in [6.45, 7) is 5.83. The number of anilines is 1. The molecule has 2 saturated heterocycles. The molecule has 8 nitrogen and oxygen atoms in total. The fourth-order valence-electron chi connectivity index (χ4n) is 3.53. The van der Waals surface area contributed by atoms with E-state index in [4.69, 9.17) is 4.74 Å². The SMILES string of the molecule is C[C@@H]1CN(c2ccc(S(=O)(=O)N3CCCC3)cc2[N+](=O)[O-])C[C@@H](C)O1. The molecule has 0 aliphatic carbocycles. The molecule has 2 aliphatic rings. The Labute approximate surface area is 147 Å². The van der Waals surface area contributed by atoms with Gasteiger partial charge in [-0.05, 0) is 38.8 Å². The number of sulfonamides is 1. The van der Waals surface area contributed by atoms with Gasteiger partial charge in [0.1, 0.15) is 5.69 Å². The van der Waals surface area contributed by atoms with Crippen LogP contribution in [0.2, 0.25) is 0 Å². The molecule has 0 unspecified atom stereocenters. The van der Waals surface area contributed by atoms with Crippen LogP contribution in [0.15, 0.2) is 23.1 Å². The number of benzene rings is 1. The van der Waals surface area contributed by atoms with E-state index >= 15 is 0 Å². The van der Waals surface area contributed by atoms with Crippen molar-refractivity contribution >= 4 is 21.4 Å². The number of hydrogen-bond acceptors (Lipinski definition) is 6. The third-order valence-electron chi connectivity index (χ3n) is 4.61. The van der Waals surface area contributed by atoms with E-state index < -0.39 is 14.9 Å². The summed E-state index contributed by atoms with van der Waals surface area (Å²) in [7, 11) is -3.68. The predicted molar refractivity (Wildman–Crippen MR) is 93.3 cm³/mol. The second-order valence-electron chi connectivity index (χ2n) is 6.68. The third kappa shape index (κ3) is 3.63. The Hall–Kier alpha value is -1.71. The van der Waals surface area contributed by atoms with Crippen molar-refractivity contribution in [2.24, 2.45) is 0 Å². The van der Waals surface area contributed by atoms with E-state index in [-0.39, 0.29) is 22.8 Å². The summed E-state index contributed by atoms with van der Waals surface area (Å²) in [5, 5.41) is 11.6. The zero-order valence-corrected chi connectivity index (χ0v) is 15.2. The first-order chi connectivity index (χ1) is 11.8. The van der Waals surface area contributed by atoms with Crippen LogP contribution in [0.1, 0.15) is 26.7 Å². The molecule has 0 radical (unpaired) electrons. The number of morpholine rings is 1. The first-order valence-electron chi connectivity index (χ1n) is 8.48. The minimum absolute atomic E-state index is 0.0146. The van der Waals surface area contributed by atoms with Crippen LogP contribution in [0.4, 0.5) is 11.4 Å². The van der Waals surface area contributed by atoms with Crippen LogP contribution in [-0.2, 0) is 14.8 Å². The highest BCUT2D eigenvalue weighted by Crippen LogP contribution is 2.34. The van der Waals surface area contributed by atoms with Gasteiger partial charge in [-0.25, -0.2) is 8.42 Å². The molecular weight excluding hydrogens is 346 g/mol. The summed E-state index contributed by atoms with van der Waals surface area (Å²) in [5.41, 5.74) is 0.258. The zero-order chi connectivity index (χ0) is 18.2. The van der Waals surface area contributed by atoms with E-state index in [0.717, 1.165) is 12.8 Å². The lowest BCUT2D eigenvalue weighted by molar-refractivity contribution is -0.384. The van der Waals surface area contributed by atoms with E-state index in [2.05, 4.69) is 0 Å². The van der Waals surface area contributed by atoms with Gasteiger partial charge in [-0.2, -0.15) is 4.31 Å². The van der Waals surface area contributed by atoms with E-state index in [0.29, 0.717) is 31.9 Å². The zero-order valence-electron chi connectivity index (χ0n) is 14.4. The van der Waals surface area contributed by atoms with Gasteiger partial charge in [0.15, 0.2) is 0 Å². The molecule has 25 heavy (non-hydrogen) atoms. The van der Waals surface area contributed by atoms with Crippen molar-refractivity contribution in [1.82, 2.24) is 4.31 Å². The Morgan fingerprint density at radius 1 is 1.16 bits per heavy atom. The van der Waals surface area contributed by atoms with Gasteiger partial charge in [-0.15, -0.1) is 0 Å². The minimum Gasteiger partial charge on any atom is -0.372 e. The van der Waals surface area contributed by atoms with Crippen LogP contribution in [0.3, 0.4) is 0 Å². The molecule has 1 aromatic rings. The maximum atomic E-state index is 12.7. The van der Waals surface area contributed by atoms with E-state index in [9.17, 15) is 18.5 Å². The summed E-state index contributed by atoms with van der Waals surface area (Å²) in [6, 6.07) is 4.21. The van der Waals surface area contributed by atoms with E-state index in [1.165, 1.54) is 16.4 Å². The molecule has 0 aromatic heterocycles. The smallest absolute Gasteiger partial charge is 0.293 e. The Morgan fingerprint density at radius 3 is 2.32 bits per heavy atom. The lowest BCUT2D eigenvalue weighted by Crippen LogP contribution is -2.45. The molecule has 0 saturated carbocycles. The van der Waals surface area contributed by atoms with Crippen molar-refractivity contribution in [1.29, 1.82) is 0 Å². The fourth-order valence-corrected chi connectivity index (χ4v) is 5.07. The Bertz CT molecular complexity index is 751.